The Bertz CT molecular complexity index is 2020. The van der Waals surface area contributed by atoms with Gasteiger partial charge in [0.05, 0.1) is 5.52 Å². The Morgan fingerprint density at radius 1 is 1.10 bits per heavy atom. The van der Waals surface area contributed by atoms with Gasteiger partial charge in [-0.2, -0.15) is 5.10 Å². The van der Waals surface area contributed by atoms with Crippen LogP contribution in [-0.2, 0) is 27.3 Å². The van der Waals surface area contributed by atoms with Crippen LogP contribution in [0.4, 0.5) is 5.82 Å². The monoisotopic (exact) mass is 754 g/mol. The average molecular weight is 756 g/mol. The number of rotatable bonds is 13. The van der Waals surface area contributed by atoms with Gasteiger partial charge >= 0.3 is 0 Å². The van der Waals surface area contributed by atoms with Gasteiger partial charge in [0.1, 0.15) is 34.5 Å². The first-order chi connectivity index (χ1) is 24.4. The number of likely N-dealkylation sites (tertiary alicyclic amines) is 1. The van der Waals surface area contributed by atoms with Gasteiger partial charge in [-0.1, -0.05) is 26.3 Å². The molecule has 1 aliphatic heterocycles. The maximum Gasteiger partial charge on any atom is 0.248 e. The fourth-order valence-corrected chi connectivity index (χ4v) is 8.18. The van der Waals surface area contributed by atoms with Crippen LogP contribution in [0.1, 0.15) is 73.9 Å². The van der Waals surface area contributed by atoms with Gasteiger partial charge in [-0.25, -0.2) is 15.0 Å². The number of ketones is 1. The van der Waals surface area contributed by atoms with E-state index < -0.39 is 11.5 Å². The summed E-state index contributed by atoms with van der Waals surface area (Å²) in [7, 11) is 0. The number of hydrogen-bond donors (Lipinski definition) is 2. The van der Waals surface area contributed by atoms with Gasteiger partial charge in [-0.05, 0) is 95.9 Å². The third-order valence-corrected chi connectivity index (χ3v) is 10.6. The molecular weight excluding hydrogens is 712 g/mol. The summed E-state index contributed by atoms with van der Waals surface area (Å²) in [5.41, 5.74) is 3.80. The van der Waals surface area contributed by atoms with Crippen molar-refractivity contribution in [2.45, 2.75) is 85.4 Å². The lowest BCUT2D eigenvalue weighted by molar-refractivity contribution is -0.139. The molecule has 51 heavy (non-hydrogen) atoms. The Labute approximate surface area is 305 Å². The minimum Gasteiger partial charge on any atom is -0.355 e. The molecule has 2 N–H and O–H groups in total. The van der Waals surface area contributed by atoms with Gasteiger partial charge in [-0.15, -0.1) is 6.58 Å². The minimum absolute atomic E-state index is 0.0326. The molecule has 2 unspecified atom stereocenters. The zero-order valence-corrected chi connectivity index (χ0v) is 31.2. The standard InChI is InChI=1S/C38H43BrN8O4/c1-7-9-11-32(49)42-20-38-16-29(37(51)44-31-13-21(3)12-30(39)43-31)47(36(38)22(38)4)33(50)19-46-35-25(10-8-2)14-26(27-17-40-24(6)41-18-27)15-28(35)34(45-46)23(5)48/h8,12-15,17-18,22,29,36H,2,7,9-11,16,19-20H2,1,3-6H3,(H,42,49)(H,43,44,51)/t22?,29-,36?,38+/m0/s1. The van der Waals surface area contributed by atoms with E-state index in [0.29, 0.717) is 53.0 Å². The van der Waals surface area contributed by atoms with E-state index in [1.54, 1.807) is 34.1 Å². The second kappa shape index (κ2) is 14.5. The Kier molecular flexibility index (Phi) is 10.2. The molecule has 3 amide bonds. The first kappa shape index (κ1) is 36.0. The molecule has 1 saturated heterocycles. The Hall–Kier alpha value is -4.78. The van der Waals surface area contributed by atoms with E-state index in [-0.39, 0.29) is 47.7 Å². The lowest BCUT2D eigenvalue weighted by atomic mass is 9.95. The van der Waals surface area contributed by atoms with Crippen LogP contribution in [0.3, 0.4) is 0 Å². The Morgan fingerprint density at radius 3 is 2.51 bits per heavy atom. The fraction of sp³-hybridized carbons (Fsp3) is 0.421. The number of aryl methyl sites for hydroxylation is 2. The molecule has 13 heteroatoms. The van der Waals surface area contributed by atoms with Crippen LogP contribution in [-0.4, -0.2) is 71.8 Å². The number of piperidine rings is 1. The summed E-state index contributed by atoms with van der Waals surface area (Å²) < 4.78 is 2.16. The lowest BCUT2D eigenvalue weighted by Gasteiger charge is -2.28. The van der Waals surface area contributed by atoms with Crippen molar-refractivity contribution in [1.29, 1.82) is 0 Å². The first-order valence-electron chi connectivity index (χ1n) is 17.3. The van der Waals surface area contributed by atoms with Gasteiger partial charge in [0.2, 0.25) is 17.7 Å². The van der Waals surface area contributed by atoms with Gasteiger partial charge in [0.25, 0.3) is 0 Å². The Morgan fingerprint density at radius 2 is 1.84 bits per heavy atom. The highest BCUT2D eigenvalue weighted by Gasteiger charge is 2.72. The molecule has 1 saturated carbocycles. The zero-order chi connectivity index (χ0) is 36.6. The van der Waals surface area contributed by atoms with Crippen molar-refractivity contribution in [1.82, 2.24) is 34.9 Å². The van der Waals surface area contributed by atoms with E-state index in [1.165, 1.54) is 6.92 Å². The normalized spacial score (nSPS) is 20.6. The summed E-state index contributed by atoms with van der Waals surface area (Å²) in [6.07, 6.45) is 8.23. The summed E-state index contributed by atoms with van der Waals surface area (Å²) in [6.45, 7) is 13.4. The number of fused-ring (bicyclic) bond motifs is 2. The number of carbonyl (C=O) groups is 4. The summed E-state index contributed by atoms with van der Waals surface area (Å²) in [5, 5.41) is 11.3. The molecule has 266 valence electrons. The van der Waals surface area contributed by atoms with Crippen molar-refractivity contribution in [3.8, 4) is 11.1 Å². The highest BCUT2D eigenvalue weighted by molar-refractivity contribution is 9.10. The van der Waals surface area contributed by atoms with Crippen LogP contribution >= 0.6 is 15.9 Å². The van der Waals surface area contributed by atoms with E-state index in [4.69, 9.17) is 5.10 Å². The fourth-order valence-electron chi connectivity index (χ4n) is 7.63. The number of halogens is 1. The van der Waals surface area contributed by atoms with Crippen molar-refractivity contribution >= 4 is 56.2 Å². The molecule has 3 aromatic heterocycles. The largest absolute Gasteiger partial charge is 0.355 e. The number of allylic oxidation sites excluding steroid dienone is 1. The van der Waals surface area contributed by atoms with Crippen LogP contribution in [0.2, 0.25) is 0 Å². The van der Waals surface area contributed by atoms with Gasteiger partial charge in [-0.3, -0.25) is 23.9 Å². The summed E-state index contributed by atoms with van der Waals surface area (Å²) in [6, 6.07) is 6.42. The topological polar surface area (TPSA) is 152 Å². The van der Waals surface area contributed by atoms with Crippen LogP contribution in [0.5, 0.6) is 0 Å². The number of unbranched alkanes of at least 4 members (excludes halogenated alkanes) is 1. The molecule has 0 spiro atoms. The zero-order valence-electron chi connectivity index (χ0n) is 29.6. The molecule has 4 aromatic rings. The molecule has 0 radical (unpaired) electrons. The predicted octanol–water partition coefficient (Wildman–Crippen LogP) is 5.75. The molecule has 1 aromatic carbocycles. The number of Topliss-reactive ketones (excluding diaryl/α,β-unsaturated/α-hetero) is 1. The van der Waals surface area contributed by atoms with E-state index in [9.17, 15) is 19.2 Å². The second-order valence-electron chi connectivity index (χ2n) is 13.8. The molecule has 12 nitrogen and oxygen atoms in total. The Balaban J connectivity index is 1.36. The smallest absolute Gasteiger partial charge is 0.248 e. The highest BCUT2D eigenvalue weighted by Crippen LogP contribution is 2.64. The van der Waals surface area contributed by atoms with E-state index in [0.717, 1.165) is 35.1 Å². The molecule has 2 aliphatic rings. The number of aromatic nitrogens is 5. The van der Waals surface area contributed by atoms with Crippen LogP contribution in [0, 0.1) is 25.2 Å². The number of carbonyl (C=O) groups excluding carboxylic acids is 4. The summed E-state index contributed by atoms with van der Waals surface area (Å²) in [5.74, 6) is 0.154. The molecule has 4 atom stereocenters. The van der Waals surface area contributed by atoms with Gasteiger partial charge in [0, 0.05) is 54.7 Å². The number of hydrogen-bond acceptors (Lipinski definition) is 8. The van der Waals surface area contributed by atoms with Gasteiger partial charge in [0.15, 0.2) is 5.78 Å². The number of nitrogens with one attached hydrogen (secondary N) is 2. The van der Waals surface area contributed by atoms with Crippen LogP contribution in [0.15, 0.2) is 53.9 Å². The SMILES string of the molecule is C=CCc1cc(-c2cnc(C)nc2)cc2c(C(C)=O)nn(CC(=O)N3C4C(C)[C@]4(CNC(=O)CCCC)C[C@H]3C(=O)Nc3cc(C)cc(Br)n3)c12. The van der Waals surface area contributed by atoms with E-state index in [2.05, 4.69) is 55.0 Å². The predicted molar refractivity (Wildman–Crippen MR) is 198 cm³/mol. The van der Waals surface area contributed by atoms with Crippen molar-refractivity contribution in [2.24, 2.45) is 11.3 Å². The van der Waals surface area contributed by atoms with Crippen molar-refractivity contribution < 1.29 is 19.2 Å². The maximum absolute atomic E-state index is 14.6. The minimum atomic E-state index is -0.803. The van der Waals surface area contributed by atoms with Crippen molar-refractivity contribution in [3.05, 3.63) is 76.6 Å². The molecule has 1 aliphatic carbocycles. The number of amides is 3. The quantitative estimate of drug-likeness (QED) is 0.0995. The number of benzene rings is 1. The van der Waals surface area contributed by atoms with Crippen molar-refractivity contribution in [2.75, 3.05) is 11.9 Å². The first-order valence-corrected chi connectivity index (χ1v) is 18.1. The third kappa shape index (κ3) is 7.08. The van der Waals surface area contributed by atoms with Gasteiger partial charge < -0.3 is 15.5 Å². The highest BCUT2D eigenvalue weighted by atomic mass is 79.9. The second-order valence-corrected chi connectivity index (χ2v) is 14.6. The molecular formula is C38H43BrN8O4. The lowest BCUT2D eigenvalue weighted by Crippen LogP contribution is -2.47. The van der Waals surface area contributed by atoms with Crippen molar-refractivity contribution in [3.63, 3.8) is 0 Å². The average Bonchev–Trinajstić information content (AvgIpc) is 3.34. The van der Waals surface area contributed by atoms with E-state index in [1.807, 2.05) is 39.0 Å². The number of pyridine rings is 1. The van der Waals surface area contributed by atoms with Crippen LogP contribution < -0.4 is 10.6 Å². The molecule has 0 bridgehead atoms. The summed E-state index contributed by atoms with van der Waals surface area (Å²) >= 11 is 3.40. The molecule has 2 fully saturated rings. The van der Waals surface area contributed by atoms with Crippen LogP contribution in [0.25, 0.3) is 22.0 Å². The van der Waals surface area contributed by atoms with E-state index >= 15 is 0 Å². The number of anilines is 1. The third-order valence-electron chi connectivity index (χ3n) is 10.2. The molecule has 4 heterocycles. The maximum atomic E-state index is 14.6. The number of nitrogens with zero attached hydrogens (tertiary/aromatic N) is 6. The summed E-state index contributed by atoms with van der Waals surface area (Å²) in [4.78, 5) is 69.0. The molecule has 6 rings (SSSR count).